The topological polar surface area (TPSA) is 12.0 Å². The Morgan fingerprint density at radius 1 is 1.45 bits per heavy atom. The van der Waals surface area contributed by atoms with Crippen LogP contribution in [0.1, 0.15) is 40.5 Å². The quantitative estimate of drug-likeness (QED) is 0.610. The second kappa shape index (κ2) is 4.41. The lowest BCUT2D eigenvalue weighted by molar-refractivity contribution is 0.320. The standard InChI is InChI=1S/C10H19N/c1-6-9(4)11-10(5,7-2)8-3/h1,9,11H,7-8H2,2-5H3. The highest BCUT2D eigenvalue weighted by atomic mass is 15.0. The summed E-state index contributed by atoms with van der Waals surface area (Å²) in [5, 5.41) is 3.41. The third-order valence-electron chi connectivity index (χ3n) is 2.38. The first-order valence-corrected chi connectivity index (χ1v) is 4.31. The second-order valence-electron chi connectivity index (χ2n) is 3.30. The van der Waals surface area contributed by atoms with Gasteiger partial charge >= 0.3 is 0 Å². The Labute approximate surface area is 70.6 Å². The number of nitrogens with one attached hydrogen (secondary N) is 1. The van der Waals surface area contributed by atoms with E-state index in [0.29, 0.717) is 0 Å². The van der Waals surface area contributed by atoms with Gasteiger partial charge in [-0.05, 0) is 26.7 Å². The molecule has 1 N–H and O–H groups in total. The van der Waals surface area contributed by atoms with Gasteiger partial charge in [0.15, 0.2) is 0 Å². The summed E-state index contributed by atoms with van der Waals surface area (Å²) in [4.78, 5) is 0. The normalized spacial score (nSPS) is 14.1. The fourth-order valence-corrected chi connectivity index (χ4v) is 1.02. The molecule has 0 aromatic rings. The zero-order valence-corrected chi connectivity index (χ0v) is 8.07. The van der Waals surface area contributed by atoms with Gasteiger partial charge in [0.1, 0.15) is 0 Å². The van der Waals surface area contributed by atoms with E-state index in [0.717, 1.165) is 12.8 Å². The van der Waals surface area contributed by atoms with Gasteiger partial charge in [-0.1, -0.05) is 19.8 Å². The van der Waals surface area contributed by atoms with Crippen LogP contribution in [0.4, 0.5) is 0 Å². The van der Waals surface area contributed by atoms with Gasteiger partial charge in [0, 0.05) is 5.54 Å². The molecule has 1 atom stereocenters. The summed E-state index contributed by atoms with van der Waals surface area (Å²) in [6.45, 7) is 8.59. The SMILES string of the molecule is C#CC(C)NC(C)(CC)CC. The molecule has 64 valence electrons. The second-order valence-corrected chi connectivity index (χ2v) is 3.30. The van der Waals surface area contributed by atoms with Crippen LogP contribution in [0.3, 0.4) is 0 Å². The average molecular weight is 153 g/mol. The molecule has 1 unspecified atom stereocenters. The molecule has 0 aliphatic carbocycles. The minimum atomic E-state index is 0.180. The van der Waals surface area contributed by atoms with Gasteiger partial charge in [-0.15, -0.1) is 6.42 Å². The Morgan fingerprint density at radius 2 is 1.91 bits per heavy atom. The molecule has 0 saturated heterocycles. The molecular weight excluding hydrogens is 134 g/mol. The lowest BCUT2D eigenvalue weighted by Gasteiger charge is -2.30. The van der Waals surface area contributed by atoms with Crippen molar-refractivity contribution in [2.75, 3.05) is 0 Å². The molecule has 0 radical (unpaired) electrons. The van der Waals surface area contributed by atoms with Crippen LogP contribution in [-0.2, 0) is 0 Å². The van der Waals surface area contributed by atoms with Crippen molar-refractivity contribution in [3.63, 3.8) is 0 Å². The zero-order chi connectivity index (χ0) is 8.91. The van der Waals surface area contributed by atoms with Gasteiger partial charge in [0.2, 0.25) is 0 Å². The molecule has 0 aromatic carbocycles. The van der Waals surface area contributed by atoms with Gasteiger partial charge in [-0.3, -0.25) is 5.32 Å². The lowest BCUT2D eigenvalue weighted by Crippen LogP contribution is -2.45. The van der Waals surface area contributed by atoms with Crippen LogP contribution >= 0.6 is 0 Å². The van der Waals surface area contributed by atoms with Crippen molar-refractivity contribution in [2.24, 2.45) is 0 Å². The van der Waals surface area contributed by atoms with Crippen molar-refractivity contribution >= 4 is 0 Å². The van der Waals surface area contributed by atoms with Crippen molar-refractivity contribution in [2.45, 2.75) is 52.1 Å². The predicted octanol–water partition coefficient (Wildman–Crippen LogP) is 2.18. The van der Waals surface area contributed by atoms with E-state index in [4.69, 9.17) is 6.42 Å². The summed E-state index contributed by atoms with van der Waals surface area (Å²) in [6.07, 6.45) is 7.52. The smallest absolute Gasteiger partial charge is 0.0662 e. The highest BCUT2D eigenvalue weighted by molar-refractivity contribution is 4.99. The summed E-state index contributed by atoms with van der Waals surface area (Å²) in [5.41, 5.74) is 0.214. The fourth-order valence-electron chi connectivity index (χ4n) is 1.02. The van der Waals surface area contributed by atoms with Gasteiger partial charge < -0.3 is 0 Å². The number of rotatable bonds is 4. The molecule has 1 heteroatoms. The fraction of sp³-hybridized carbons (Fsp3) is 0.800. The van der Waals surface area contributed by atoms with E-state index >= 15 is 0 Å². The van der Waals surface area contributed by atoms with Gasteiger partial charge in [0.05, 0.1) is 6.04 Å². The van der Waals surface area contributed by atoms with Crippen LogP contribution in [0.25, 0.3) is 0 Å². The molecule has 0 bridgehead atoms. The molecule has 0 rings (SSSR count). The molecule has 0 saturated carbocycles. The molecule has 0 fully saturated rings. The van der Waals surface area contributed by atoms with E-state index in [9.17, 15) is 0 Å². The van der Waals surface area contributed by atoms with E-state index in [2.05, 4.69) is 32.0 Å². The highest BCUT2D eigenvalue weighted by Crippen LogP contribution is 2.13. The van der Waals surface area contributed by atoms with Crippen LogP contribution in [0, 0.1) is 12.3 Å². The van der Waals surface area contributed by atoms with Crippen molar-refractivity contribution in [3.8, 4) is 12.3 Å². The first-order valence-electron chi connectivity index (χ1n) is 4.31. The summed E-state index contributed by atoms with van der Waals surface area (Å²) in [7, 11) is 0. The van der Waals surface area contributed by atoms with Gasteiger partial charge in [0.25, 0.3) is 0 Å². The molecule has 0 aliphatic rings. The first-order chi connectivity index (χ1) is 5.08. The number of terminal acetylenes is 1. The van der Waals surface area contributed by atoms with Crippen LogP contribution in [0.5, 0.6) is 0 Å². The van der Waals surface area contributed by atoms with Crippen molar-refractivity contribution in [1.29, 1.82) is 0 Å². The summed E-state index contributed by atoms with van der Waals surface area (Å²) >= 11 is 0. The van der Waals surface area contributed by atoms with E-state index in [-0.39, 0.29) is 11.6 Å². The zero-order valence-electron chi connectivity index (χ0n) is 8.07. The predicted molar refractivity (Wildman–Crippen MR) is 50.4 cm³/mol. The molecule has 1 nitrogen and oxygen atoms in total. The summed E-state index contributed by atoms with van der Waals surface area (Å²) in [6, 6.07) is 0.180. The molecule has 0 aromatic heterocycles. The lowest BCUT2D eigenvalue weighted by atomic mass is 9.94. The highest BCUT2D eigenvalue weighted by Gasteiger charge is 2.19. The van der Waals surface area contributed by atoms with Crippen molar-refractivity contribution in [1.82, 2.24) is 5.32 Å². The third kappa shape index (κ3) is 3.43. The van der Waals surface area contributed by atoms with E-state index in [1.54, 1.807) is 0 Å². The van der Waals surface area contributed by atoms with E-state index in [1.165, 1.54) is 0 Å². The number of hydrogen-bond donors (Lipinski definition) is 1. The maximum absolute atomic E-state index is 5.28. The third-order valence-corrected chi connectivity index (χ3v) is 2.38. The van der Waals surface area contributed by atoms with Crippen LogP contribution in [0.15, 0.2) is 0 Å². The molecule has 0 amide bonds. The van der Waals surface area contributed by atoms with Gasteiger partial charge in [-0.2, -0.15) is 0 Å². The molecule has 0 spiro atoms. The Kier molecular flexibility index (Phi) is 4.22. The Morgan fingerprint density at radius 3 is 2.18 bits per heavy atom. The molecule has 0 aliphatic heterocycles. The summed E-state index contributed by atoms with van der Waals surface area (Å²) < 4.78 is 0. The van der Waals surface area contributed by atoms with Crippen LogP contribution in [0.2, 0.25) is 0 Å². The minimum Gasteiger partial charge on any atom is -0.299 e. The van der Waals surface area contributed by atoms with Crippen molar-refractivity contribution in [3.05, 3.63) is 0 Å². The molecule has 11 heavy (non-hydrogen) atoms. The van der Waals surface area contributed by atoms with Crippen LogP contribution < -0.4 is 5.32 Å². The Hall–Kier alpha value is -0.480. The number of hydrogen-bond acceptors (Lipinski definition) is 1. The van der Waals surface area contributed by atoms with E-state index < -0.39 is 0 Å². The van der Waals surface area contributed by atoms with Crippen LogP contribution in [-0.4, -0.2) is 11.6 Å². The van der Waals surface area contributed by atoms with Crippen molar-refractivity contribution < 1.29 is 0 Å². The van der Waals surface area contributed by atoms with Gasteiger partial charge in [-0.25, -0.2) is 0 Å². The summed E-state index contributed by atoms with van der Waals surface area (Å²) in [5.74, 6) is 2.68. The largest absolute Gasteiger partial charge is 0.299 e. The first kappa shape index (κ1) is 10.5. The molecular formula is C10H19N. The Bertz CT molecular complexity index is 139. The Balaban J connectivity index is 3.99. The molecule has 0 heterocycles. The minimum absolute atomic E-state index is 0.180. The maximum atomic E-state index is 5.28. The van der Waals surface area contributed by atoms with E-state index in [1.807, 2.05) is 6.92 Å². The monoisotopic (exact) mass is 153 g/mol. The maximum Gasteiger partial charge on any atom is 0.0662 e. The average Bonchev–Trinajstić information content (AvgIpc) is 2.04.